The van der Waals surface area contributed by atoms with Crippen molar-refractivity contribution >= 4 is 0 Å². The van der Waals surface area contributed by atoms with Crippen molar-refractivity contribution in [1.82, 2.24) is 0 Å². The Morgan fingerprint density at radius 1 is 0.667 bits per heavy atom. The highest BCUT2D eigenvalue weighted by Gasteiger charge is 2.06. The Hall–Kier alpha value is -0.850. The van der Waals surface area contributed by atoms with Gasteiger partial charge in [0, 0.05) is 0 Å². The van der Waals surface area contributed by atoms with Gasteiger partial charge in [-0.05, 0) is 36.0 Å². The van der Waals surface area contributed by atoms with Crippen LogP contribution in [0.3, 0.4) is 0 Å². The monoisotopic (exact) mass is 380 g/mol. The maximum Gasteiger partial charge on any atom is 0.123 e. The van der Waals surface area contributed by atoms with Crippen LogP contribution in [0.15, 0.2) is 24.3 Å². The van der Waals surface area contributed by atoms with E-state index in [2.05, 4.69) is 13.8 Å². The number of aryl methyl sites for hydroxylation is 1. The SMILES string of the molecule is CC.CC.CC1CCCCC1.CC1CCCCC1.CCc1ccc(F)cc1. The fourth-order valence-electron chi connectivity index (χ4n) is 3.33. The lowest BCUT2D eigenvalue weighted by Gasteiger charge is -2.15. The lowest BCUT2D eigenvalue weighted by Crippen LogP contribution is -1.99. The number of halogens is 1. The molecule has 2 aliphatic rings. The molecule has 1 aromatic rings. The molecule has 2 saturated carbocycles. The minimum Gasteiger partial charge on any atom is -0.207 e. The summed E-state index contributed by atoms with van der Waals surface area (Å²) in [5.74, 6) is 1.91. The summed E-state index contributed by atoms with van der Waals surface area (Å²) in [6.45, 7) is 14.8. The maximum absolute atomic E-state index is 12.2. The third kappa shape index (κ3) is 18.3. The molecule has 1 aromatic carbocycles. The van der Waals surface area contributed by atoms with Crippen molar-refractivity contribution in [2.75, 3.05) is 0 Å². The first-order valence-electron chi connectivity index (χ1n) is 11.9. The summed E-state index contributed by atoms with van der Waals surface area (Å²) in [5, 5.41) is 0. The Balaban J connectivity index is 0. The van der Waals surface area contributed by atoms with E-state index in [0.717, 1.165) is 18.3 Å². The first-order valence-corrected chi connectivity index (χ1v) is 11.9. The smallest absolute Gasteiger partial charge is 0.123 e. The van der Waals surface area contributed by atoms with Gasteiger partial charge in [-0.1, -0.05) is 125 Å². The molecule has 0 bridgehead atoms. The second-order valence-electron chi connectivity index (χ2n) is 7.47. The molecular weight excluding hydrogens is 331 g/mol. The third-order valence-corrected chi connectivity index (χ3v) is 5.11. The average Bonchev–Trinajstić information content (AvgIpc) is 2.74. The molecule has 0 spiro atoms. The van der Waals surface area contributed by atoms with Gasteiger partial charge in [0.1, 0.15) is 5.82 Å². The quantitative estimate of drug-likeness (QED) is 0.455. The van der Waals surface area contributed by atoms with Gasteiger partial charge in [-0.2, -0.15) is 0 Å². The van der Waals surface area contributed by atoms with E-state index in [1.54, 1.807) is 12.1 Å². The van der Waals surface area contributed by atoms with E-state index >= 15 is 0 Å². The van der Waals surface area contributed by atoms with Crippen molar-refractivity contribution in [3.05, 3.63) is 35.6 Å². The third-order valence-electron chi connectivity index (χ3n) is 5.11. The Morgan fingerprint density at radius 2 is 1.00 bits per heavy atom. The van der Waals surface area contributed by atoms with Crippen LogP contribution in [-0.2, 0) is 6.42 Å². The van der Waals surface area contributed by atoms with Crippen molar-refractivity contribution in [2.45, 2.75) is 119 Å². The van der Waals surface area contributed by atoms with Crippen LogP contribution >= 0.6 is 0 Å². The minimum atomic E-state index is -0.160. The largest absolute Gasteiger partial charge is 0.207 e. The van der Waals surface area contributed by atoms with Crippen LogP contribution in [0.4, 0.5) is 4.39 Å². The van der Waals surface area contributed by atoms with Crippen molar-refractivity contribution in [2.24, 2.45) is 11.8 Å². The minimum absolute atomic E-state index is 0.160. The topological polar surface area (TPSA) is 0 Å². The zero-order chi connectivity index (χ0) is 20.9. The molecule has 0 N–H and O–H groups in total. The fraction of sp³-hybridized carbons (Fsp3) is 0.769. The average molecular weight is 381 g/mol. The van der Waals surface area contributed by atoms with Crippen LogP contribution < -0.4 is 0 Å². The molecule has 0 atom stereocenters. The molecular formula is C26H49F. The second-order valence-corrected chi connectivity index (χ2v) is 7.47. The van der Waals surface area contributed by atoms with Crippen LogP contribution in [-0.4, -0.2) is 0 Å². The molecule has 27 heavy (non-hydrogen) atoms. The van der Waals surface area contributed by atoms with E-state index in [0.29, 0.717) is 0 Å². The van der Waals surface area contributed by atoms with Crippen LogP contribution in [0, 0.1) is 17.7 Å². The molecule has 2 fully saturated rings. The number of benzene rings is 1. The summed E-state index contributed by atoms with van der Waals surface area (Å²) in [6.07, 6.45) is 15.8. The number of hydrogen-bond acceptors (Lipinski definition) is 0. The Morgan fingerprint density at radius 3 is 1.22 bits per heavy atom. The van der Waals surface area contributed by atoms with Gasteiger partial charge in [0.25, 0.3) is 0 Å². The predicted molar refractivity (Wildman–Crippen MR) is 123 cm³/mol. The van der Waals surface area contributed by atoms with Crippen molar-refractivity contribution in [3.8, 4) is 0 Å². The summed E-state index contributed by atoms with van der Waals surface area (Å²) in [4.78, 5) is 0. The summed E-state index contributed by atoms with van der Waals surface area (Å²) in [5.41, 5.74) is 1.18. The van der Waals surface area contributed by atoms with Gasteiger partial charge >= 0.3 is 0 Å². The molecule has 0 amide bonds. The lowest BCUT2D eigenvalue weighted by atomic mass is 9.91. The first kappa shape index (κ1) is 28.4. The molecule has 160 valence electrons. The number of hydrogen-bond donors (Lipinski definition) is 0. The van der Waals surface area contributed by atoms with E-state index in [1.165, 1.54) is 81.9 Å². The van der Waals surface area contributed by atoms with Gasteiger partial charge in [-0.3, -0.25) is 0 Å². The van der Waals surface area contributed by atoms with Gasteiger partial charge in [-0.15, -0.1) is 0 Å². The van der Waals surface area contributed by atoms with Gasteiger partial charge in [0.05, 0.1) is 0 Å². The summed E-state index contributed by atoms with van der Waals surface area (Å²) in [7, 11) is 0. The Bertz CT molecular complexity index is 354. The van der Waals surface area contributed by atoms with Crippen LogP contribution in [0.25, 0.3) is 0 Å². The zero-order valence-electron chi connectivity index (χ0n) is 19.6. The molecule has 2 aliphatic carbocycles. The Kier molecular flexibility index (Phi) is 22.5. The molecule has 0 saturated heterocycles. The highest BCUT2D eigenvalue weighted by Crippen LogP contribution is 2.22. The maximum atomic E-state index is 12.2. The molecule has 0 aromatic heterocycles. The standard InChI is InChI=1S/C8H9F.2C7H14.2C2H6/c1-2-7-3-5-8(9)6-4-7;2*1-7-5-3-2-4-6-7;2*1-2/h3-6H,2H2,1H3;2*7H,2-6H2,1H3;2*1-2H3. The molecule has 0 radical (unpaired) electrons. The van der Waals surface area contributed by atoms with E-state index in [9.17, 15) is 4.39 Å². The fourth-order valence-corrected chi connectivity index (χ4v) is 3.33. The second kappa shape index (κ2) is 21.5. The molecule has 0 aliphatic heterocycles. The zero-order valence-corrected chi connectivity index (χ0v) is 19.6. The van der Waals surface area contributed by atoms with Crippen LogP contribution in [0.5, 0.6) is 0 Å². The van der Waals surface area contributed by atoms with Gasteiger partial charge in [-0.25, -0.2) is 4.39 Å². The van der Waals surface area contributed by atoms with E-state index in [4.69, 9.17) is 0 Å². The summed E-state index contributed by atoms with van der Waals surface area (Å²) < 4.78 is 12.2. The summed E-state index contributed by atoms with van der Waals surface area (Å²) in [6, 6.07) is 6.57. The van der Waals surface area contributed by atoms with Crippen LogP contribution in [0.2, 0.25) is 0 Å². The van der Waals surface area contributed by atoms with E-state index in [1.807, 2.05) is 34.6 Å². The van der Waals surface area contributed by atoms with Crippen LogP contribution in [0.1, 0.15) is 118 Å². The van der Waals surface area contributed by atoms with Crippen molar-refractivity contribution < 1.29 is 4.39 Å². The Labute approximate surface area is 171 Å². The normalized spacial score (nSPS) is 16.7. The molecule has 1 heteroatoms. The van der Waals surface area contributed by atoms with Gasteiger partial charge in [0.15, 0.2) is 0 Å². The van der Waals surface area contributed by atoms with Gasteiger partial charge in [0.2, 0.25) is 0 Å². The molecule has 0 unspecified atom stereocenters. The summed E-state index contributed by atoms with van der Waals surface area (Å²) >= 11 is 0. The first-order chi connectivity index (χ1) is 13.1. The highest BCUT2D eigenvalue weighted by molar-refractivity contribution is 5.15. The van der Waals surface area contributed by atoms with E-state index < -0.39 is 0 Å². The number of rotatable bonds is 1. The van der Waals surface area contributed by atoms with Crippen molar-refractivity contribution in [3.63, 3.8) is 0 Å². The lowest BCUT2D eigenvalue weighted by molar-refractivity contribution is 0.385. The molecule has 0 heterocycles. The molecule has 3 rings (SSSR count). The highest BCUT2D eigenvalue weighted by atomic mass is 19.1. The van der Waals surface area contributed by atoms with Gasteiger partial charge < -0.3 is 0 Å². The van der Waals surface area contributed by atoms with Crippen molar-refractivity contribution in [1.29, 1.82) is 0 Å². The molecule has 0 nitrogen and oxygen atoms in total. The predicted octanol–water partition coefficient (Wildman–Crippen LogP) is 9.61. The van der Waals surface area contributed by atoms with E-state index in [-0.39, 0.29) is 5.82 Å².